The van der Waals surface area contributed by atoms with Crippen molar-refractivity contribution in [2.45, 2.75) is 51.4 Å². The van der Waals surface area contributed by atoms with E-state index >= 15 is 0 Å². The Balaban J connectivity index is 1.50. The SMILES string of the molecule is CC(C)(C)OC(=O)N1CC(Nc2cc(C3CCCO3)ncn2)C1. The van der Waals surface area contributed by atoms with Crippen molar-refractivity contribution in [1.29, 1.82) is 0 Å². The number of hydrogen-bond donors (Lipinski definition) is 1. The summed E-state index contributed by atoms with van der Waals surface area (Å²) in [6.07, 6.45) is 3.46. The first kappa shape index (κ1) is 16.0. The first-order chi connectivity index (χ1) is 10.9. The molecule has 2 fully saturated rings. The predicted molar refractivity (Wildman–Crippen MR) is 85.2 cm³/mol. The van der Waals surface area contributed by atoms with Gasteiger partial charge in [0.05, 0.1) is 17.8 Å². The summed E-state index contributed by atoms with van der Waals surface area (Å²) >= 11 is 0. The standard InChI is InChI=1S/C16H24N4O3/c1-16(2,3)23-15(21)20-8-11(9-20)19-14-7-12(17-10-18-14)13-5-4-6-22-13/h7,10-11,13H,4-6,8-9H2,1-3H3,(H,17,18,19). The van der Waals surface area contributed by atoms with E-state index in [0.717, 1.165) is 31.0 Å². The Hall–Kier alpha value is -1.89. The molecular formula is C16H24N4O3. The molecule has 2 aliphatic rings. The minimum Gasteiger partial charge on any atom is -0.444 e. The zero-order valence-electron chi connectivity index (χ0n) is 13.9. The van der Waals surface area contributed by atoms with Crippen molar-refractivity contribution in [2.24, 2.45) is 0 Å². The first-order valence-corrected chi connectivity index (χ1v) is 8.09. The molecule has 2 saturated heterocycles. The number of carbonyl (C=O) groups is 1. The maximum absolute atomic E-state index is 11.9. The largest absolute Gasteiger partial charge is 0.444 e. The summed E-state index contributed by atoms with van der Waals surface area (Å²) in [7, 11) is 0. The highest BCUT2D eigenvalue weighted by atomic mass is 16.6. The molecular weight excluding hydrogens is 296 g/mol. The fraction of sp³-hybridized carbons (Fsp3) is 0.688. The zero-order chi connectivity index (χ0) is 16.4. The van der Waals surface area contributed by atoms with Crippen LogP contribution in [-0.4, -0.2) is 52.3 Å². The zero-order valence-corrected chi connectivity index (χ0v) is 13.9. The summed E-state index contributed by atoms with van der Waals surface area (Å²) in [5, 5.41) is 3.33. The second-order valence-corrected chi connectivity index (χ2v) is 7.06. The minimum absolute atomic E-state index is 0.0817. The van der Waals surface area contributed by atoms with Gasteiger partial charge in [-0.2, -0.15) is 0 Å². The van der Waals surface area contributed by atoms with Crippen LogP contribution in [0, 0.1) is 0 Å². The van der Waals surface area contributed by atoms with Gasteiger partial charge in [-0.05, 0) is 33.6 Å². The van der Waals surface area contributed by atoms with Gasteiger partial charge in [0.25, 0.3) is 0 Å². The molecule has 7 heteroatoms. The molecule has 1 amide bonds. The molecule has 0 bridgehead atoms. The lowest BCUT2D eigenvalue weighted by Crippen LogP contribution is -2.58. The van der Waals surface area contributed by atoms with Gasteiger partial charge in [-0.15, -0.1) is 0 Å². The highest BCUT2D eigenvalue weighted by Crippen LogP contribution is 2.28. The smallest absolute Gasteiger partial charge is 0.410 e. The highest BCUT2D eigenvalue weighted by molar-refractivity contribution is 5.69. The van der Waals surface area contributed by atoms with E-state index in [0.29, 0.717) is 13.1 Å². The second kappa shape index (κ2) is 6.31. The van der Waals surface area contributed by atoms with Crippen molar-refractivity contribution in [3.8, 4) is 0 Å². The lowest BCUT2D eigenvalue weighted by atomic mass is 10.1. The summed E-state index contributed by atoms with van der Waals surface area (Å²) in [4.78, 5) is 22.1. The van der Waals surface area contributed by atoms with Crippen molar-refractivity contribution in [2.75, 3.05) is 25.0 Å². The lowest BCUT2D eigenvalue weighted by Gasteiger charge is -2.40. The van der Waals surface area contributed by atoms with E-state index in [4.69, 9.17) is 9.47 Å². The molecule has 7 nitrogen and oxygen atoms in total. The van der Waals surface area contributed by atoms with Gasteiger partial charge in [0.2, 0.25) is 0 Å². The molecule has 1 aromatic heterocycles. The molecule has 1 atom stereocenters. The van der Waals surface area contributed by atoms with Gasteiger partial charge in [0.1, 0.15) is 17.7 Å². The molecule has 1 unspecified atom stereocenters. The molecule has 23 heavy (non-hydrogen) atoms. The molecule has 0 saturated carbocycles. The summed E-state index contributed by atoms with van der Waals surface area (Å²) in [5.41, 5.74) is 0.460. The molecule has 2 aliphatic heterocycles. The number of nitrogens with one attached hydrogen (secondary N) is 1. The number of anilines is 1. The quantitative estimate of drug-likeness (QED) is 0.921. The normalized spacial score (nSPS) is 21.9. The van der Waals surface area contributed by atoms with Crippen LogP contribution in [0.5, 0.6) is 0 Å². The van der Waals surface area contributed by atoms with Gasteiger partial charge in [-0.25, -0.2) is 14.8 Å². The van der Waals surface area contributed by atoms with Gasteiger partial charge < -0.3 is 19.7 Å². The molecule has 1 aromatic rings. The summed E-state index contributed by atoms with van der Waals surface area (Å²) in [5.74, 6) is 0.777. The molecule has 0 radical (unpaired) electrons. The van der Waals surface area contributed by atoms with Crippen LogP contribution in [0.25, 0.3) is 0 Å². The van der Waals surface area contributed by atoms with Crippen LogP contribution in [0.1, 0.15) is 45.4 Å². The Morgan fingerprint density at radius 3 is 2.83 bits per heavy atom. The number of ether oxygens (including phenoxy) is 2. The van der Waals surface area contributed by atoms with Gasteiger partial charge in [0, 0.05) is 25.8 Å². The van der Waals surface area contributed by atoms with Crippen LogP contribution in [0.4, 0.5) is 10.6 Å². The third kappa shape index (κ3) is 4.10. The maximum atomic E-state index is 11.9. The van der Waals surface area contributed by atoms with E-state index < -0.39 is 5.60 Å². The monoisotopic (exact) mass is 320 g/mol. The van der Waals surface area contributed by atoms with Crippen LogP contribution >= 0.6 is 0 Å². The summed E-state index contributed by atoms with van der Waals surface area (Å²) in [6, 6.07) is 2.13. The summed E-state index contributed by atoms with van der Waals surface area (Å²) in [6.45, 7) is 7.64. The van der Waals surface area contributed by atoms with Gasteiger partial charge >= 0.3 is 6.09 Å². The van der Waals surface area contributed by atoms with Crippen molar-refractivity contribution >= 4 is 11.9 Å². The van der Waals surface area contributed by atoms with Crippen molar-refractivity contribution < 1.29 is 14.3 Å². The Kier molecular flexibility index (Phi) is 4.39. The summed E-state index contributed by atoms with van der Waals surface area (Å²) < 4.78 is 11.0. The van der Waals surface area contributed by atoms with Crippen molar-refractivity contribution in [1.82, 2.24) is 14.9 Å². The van der Waals surface area contributed by atoms with Crippen LogP contribution < -0.4 is 5.32 Å². The number of aromatic nitrogens is 2. The van der Waals surface area contributed by atoms with E-state index in [-0.39, 0.29) is 18.2 Å². The van der Waals surface area contributed by atoms with E-state index in [1.807, 2.05) is 26.8 Å². The highest BCUT2D eigenvalue weighted by Gasteiger charge is 2.34. The van der Waals surface area contributed by atoms with Gasteiger partial charge in [-0.1, -0.05) is 0 Å². The van der Waals surface area contributed by atoms with E-state index in [1.54, 1.807) is 11.2 Å². The van der Waals surface area contributed by atoms with Gasteiger partial charge in [0.15, 0.2) is 0 Å². The first-order valence-electron chi connectivity index (χ1n) is 8.09. The fourth-order valence-electron chi connectivity index (χ4n) is 2.69. The molecule has 0 spiro atoms. The van der Waals surface area contributed by atoms with Crippen LogP contribution in [0.3, 0.4) is 0 Å². The second-order valence-electron chi connectivity index (χ2n) is 7.06. The molecule has 126 valence electrons. The molecule has 1 N–H and O–H groups in total. The van der Waals surface area contributed by atoms with E-state index in [1.165, 1.54) is 0 Å². The third-order valence-electron chi connectivity index (χ3n) is 3.83. The topological polar surface area (TPSA) is 76.6 Å². The molecule has 0 aromatic carbocycles. The number of likely N-dealkylation sites (tertiary alicyclic amines) is 1. The van der Waals surface area contributed by atoms with Crippen LogP contribution in [-0.2, 0) is 9.47 Å². The van der Waals surface area contributed by atoms with E-state index in [9.17, 15) is 4.79 Å². The lowest BCUT2D eigenvalue weighted by molar-refractivity contribution is 0.0104. The van der Waals surface area contributed by atoms with E-state index in [2.05, 4.69) is 15.3 Å². The molecule has 3 heterocycles. The van der Waals surface area contributed by atoms with Crippen LogP contribution in [0.15, 0.2) is 12.4 Å². The van der Waals surface area contributed by atoms with Crippen molar-refractivity contribution in [3.63, 3.8) is 0 Å². The Morgan fingerprint density at radius 1 is 1.39 bits per heavy atom. The fourth-order valence-corrected chi connectivity index (χ4v) is 2.69. The third-order valence-corrected chi connectivity index (χ3v) is 3.83. The Morgan fingerprint density at radius 2 is 2.17 bits per heavy atom. The number of hydrogen-bond acceptors (Lipinski definition) is 6. The van der Waals surface area contributed by atoms with Gasteiger partial charge in [-0.3, -0.25) is 0 Å². The maximum Gasteiger partial charge on any atom is 0.410 e. The number of rotatable bonds is 3. The minimum atomic E-state index is -0.460. The Labute approximate surface area is 136 Å². The average Bonchev–Trinajstić information content (AvgIpc) is 2.94. The number of nitrogens with zero attached hydrogens (tertiary/aromatic N) is 3. The Bertz CT molecular complexity index is 561. The number of amides is 1. The number of carbonyl (C=O) groups excluding carboxylic acids is 1. The van der Waals surface area contributed by atoms with Crippen molar-refractivity contribution in [3.05, 3.63) is 18.1 Å². The van der Waals surface area contributed by atoms with Crippen LogP contribution in [0.2, 0.25) is 0 Å². The predicted octanol–water partition coefficient (Wildman–Crippen LogP) is 2.36. The molecule has 3 rings (SSSR count). The average molecular weight is 320 g/mol. The molecule has 0 aliphatic carbocycles.